The minimum absolute atomic E-state index is 0.0302. The molecule has 0 saturated carbocycles. The number of hydrogen-bond donors (Lipinski definition) is 2. The predicted octanol–water partition coefficient (Wildman–Crippen LogP) is 3.31. The lowest BCUT2D eigenvalue weighted by molar-refractivity contribution is -0.137. The molecule has 8 heteroatoms. The topological polar surface area (TPSA) is 75.4 Å². The molecule has 21 heavy (non-hydrogen) atoms. The van der Waals surface area contributed by atoms with Crippen molar-refractivity contribution in [3.05, 3.63) is 46.8 Å². The van der Waals surface area contributed by atoms with E-state index in [1.54, 1.807) is 6.92 Å². The van der Waals surface area contributed by atoms with Gasteiger partial charge in [-0.05, 0) is 24.6 Å². The van der Waals surface area contributed by atoms with Crippen LogP contribution in [-0.4, -0.2) is 16.2 Å². The molecule has 0 aliphatic heterocycles. The first kappa shape index (κ1) is 14.9. The highest BCUT2D eigenvalue weighted by atomic mass is 19.4. The van der Waals surface area contributed by atoms with Gasteiger partial charge in [0, 0.05) is 11.8 Å². The summed E-state index contributed by atoms with van der Waals surface area (Å²) in [4.78, 5) is 10.6. The summed E-state index contributed by atoms with van der Waals surface area (Å²) < 4.78 is 42.7. The number of carbonyl (C=O) groups is 1. The summed E-state index contributed by atoms with van der Waals surface area (Å²) in [5.41, 5.74) is -0.106. The maximum absolute atomic E-state index is 12.6. The van der Waals surface area contributed by atoms with E-state index >= 15 is 0 Å². The minimum atomic E-state index is -4.42. The molecule has 1 heterocycles. The van der Waals surface area contributed by atoms with Crippen LogP contribution in [0, 0.1) is 6.92 Å². The van der Waals surface area contributed by atoms with Gasteiger partial charge in [0.2, 0.25) is 0 Å². The highest BCUT2D eigenvalue weighted by Crippen LogP contribution is 2.32. The van der Waals surface area contributed by atoms with Crippen LogP contribution < -0.4 is 5.32 Å². The molecule has 0 radical (unpaired) electrons. The molecule has 0 amide bonds. The Bertz CT molecular complexity index is 665. The van der Waals surface area contributed by atoms with Gasteiger partial charge in [-0.2, -0.15) is 13.2 Å². The van der Waals surface area contributed by atoms with Crippen LogP contribution in [0.25, 0.3) is 0 Å². The molecule has 0 fully saturated rings. The van der Waals surface area contributed by atoms with Crippen LogP contribution in [0.3, 0.4) is 0 Å². The van der Waals surface area contributed by atoms with Crippen LogP contribution in [0.15, 0.2) is 28.8 Å². The van der Waals surface area contributed by atoms with Crippen molar-refractivity contribution in [3.8, 4) is 0 Å². The molecule has 2 rings (SSSR count). The SMILES string of the molecule is Cc1ccc(C(F)(F)F)cc1NCc1cc(C(=O)O)no1. The Hall–Kier alpha value is -2.51. The molecular formula is C13H11F3N2O3. The number of nitrogens with zero attached hydrogens (tertiary/aromatic N) is 1. The van der Waals surface area contributed by atoms with Crippen molar-refractivity contribution in [2.24, 2.45) is 0 Å². The molecule has 2 aromatic rings. The summed E-state index contributed by atoms with van der Waals surface area (Å²) in [6.45, 7) is 1.69. The number of hydrogen-bond acceptors (Lipinski definition) is 4. The molecule has 0 unspecified atom stereocenters. The number of aromatic nitrogens is 1. The first-order chi connectivity index (χ1) is 9.77. The average molecular weight is 300 g/mol. The highest BCUT2D eigenvalue weighted by molar-refractivity contribution is 5.85. The van der Waals surface area contributed by atoms with Gasteiger partial charge in [-0.15, -0.1) is 0 Å². The molecule has 1 aromatic heterocycles. The zero-order chi connectivity index (χ0) is 15.6. The van der Waals surface area contributed by atoms with Crippen LogP contribution in [0.4, 0.5) is 18.9 Å². The molecule has 0 atom stereocenters. The van der Waals surface area contributed by atoms with E-state index in [1.807, 2.05) is 0 Å². The van der Waals surface area contributed by atoms with Crippen LogP contribution in [0.1, 0.15) is 27.4 Å². The Morgan fingerprint density at radius 2 is 2.10 bits per heavy atom. The maximum Gasteiger partial charge on any atom is 0.416 e. The van der Waals surface area contributed by atoms with Gasteiger partial charge in [0.05, 0.1) is 12.1 Å². The minimum Gasteiger partial charge on any atom is -0.476 e. The van der Waals surface area contributed by atoms with E-state index in [0.29, 0.717) is 5.56 Å². The average Bonchev–Trinajstić information content (AvgIpc) is 2.85. The van der Waals surface area contributed by atoms with Crippen LogP contribution in [-0.2, 0) is 12.7 Å². The Morgan fingerprint density at radius 1 is 1.38 bits per heavy atom. The first-order valence-electron chi connectivity index (χ1n) is 5.88. The second kappa shape index (κ2) is 5.47. The van der Waals surface area contributed by atoms with E-state index < -0.39 is 17.7 Å². The number of alkyl halides is 3. The van der Waals surface area contributed by atoms with E-state index in [0.717, 1.165) is 12.1 Å². The normalized spacial score (nSPS) is 11.4. The third kappa shape index (κ3) is 3.53. The van der Waals surface area contributed by atoms with Crippen molar-refractivity contribution >= 4 is 11.7 Å². The lowest BCUT2D eigenvalue weighted by Crippen LogP contribution is -2.07. The fourth-order valence-electron chi connectivity index (χ4n) is 1.67. The Balaban J connectivity index is 2.13. The van der Waals surface area contributed by atoms with E-state index in [2.05, 4.69) is 10.5 Å². The molecule has 0 aliphatic rings. The van der Waals surface area contributed by atoms with Crippen molar-refractivity contribution in [1.29, 1.82) is 0 Å². The van der Waals surface area contributed by atoms with Crippen molar-refractivity contribution in [2.45, 2.75) is 19.6 Å². The summed E-state index contributed by atoms with van der Waals surface area (Å²) in [6.07, 6.45) is -4.42. The zero-order valence-electron chi connectivity index (χ0n) is 10.9. The molecule has 0 saturated heterocycles. The van der Waals surface area contributed by atoms with Gasteiger partial charge in [0.1, 0.15) is 0 Å². The fraction of sp³-hybridized carbons (Fsp3) is 0.231. The van der Waals surface area contributed by atoms with E-state index in [-0.39, 0.29) is 23.7 Å². The van der Waals surface area contributed by atoms with Gasteiger partial charge in [0.25, 0.3) is 0 Å². The Labute approximate surface area is 117 Å². The lowest BCUT2D eigenvalue weighted by Gasteiger charge is -2.12. The van der Waals surface area contributed by atoms with E-state index in [1.165, 1.54) is 12.1 Å². The number of halogens is 3. The maximum atomic E-state index is 12.6. The largest absolute Gasteiger partial charge is 0.476 e. The summed E-state index contributed by atoms with van der Waals surface area (Å²) >= 11 is 0. The number of carboxylic acids is 1. The molecule has 112 valence electrons. The first-order valence-corrected chi connectivity index (χ1v) is 5.88. The summed E-state index contributed by atoms with van der Waals surface area (Å²) in [5, 5.41) is 14.8. The van der Waals surface area contributed by atoms with Crippen LogP contribution >= 0.6 is 0 Å². The molecule has 0 spiro atoms. The second-order valence-electron chi connectivity index (χ2n) is 4.36. The summed E-state index contributed by atoms with van der Waals surface area (Å²) in [6, 6.07) is 4.55. The third-order valence-electron chi connectivity index (χ3n) is 2.80. The molecule has 0 aliphatic carbocycles. The Morgan fingerprint density at radius 3 is 2.67 bits per heavy atom. The van der Waals surface area contributed by atoms with Gasteiger partial charge in [-0.1, -0.05) is 11.2 Å². The number of carboxylic acid groups (broad SMARTS) is 1. The molecule has 5 nitrogen and oxygen atoms in total. The van der Waals surface area contributed by atoms with Crippen LogP contribution in [0.5, 0.6) is 0 Å². The van der Waals surface area contributed by atoms with Crippen molar-refractivity contribution in [1.82, 2.24) is 5.16 Å². The monoisotopic (exact) mass is 300 g/mol. The molecular weight excluding hydrogens is 289 g/mol. The quantitative estimate of drug-likeness (QED) is 0.906. The van der Waals surface area contributed by atoms with Gasteiger partial charge in [-0.25, -0.2) is 4.79 Å². The number of nitrogens with one attached hydrogen (secondary N) is 1. The van der Waals surface area contributed by atoms with Gasteiger partial charge in [-0.3, -0.25) is 0 Å². The third-order valence-corrected chi connectivity index (χ3v) is 2.80. The number of anilines is 1. The van der Waals surface area contributed by atoms with E-state index in [9.17, 15) is 18.0 Å². The van der Waals surface area contributed by atoms with Crippen molar-refractivity contribution in [3.63, 3.8) is 0 Å². The molecule has 2 N–H and O–H groups in total. The summed E-state index contributed by atoms with van der Waals surface area (Å²) in [7, 11) is 0. The number of rotatable bonds is 4. The van der Waals surface area contributed by atoms with Gasteiger partial charge in [0.15, 0.2) is 11.5 Å². The van der Waals surface area contributed by atoms with Crippen LogP contribution in [0.2, 0.25) is 0 Å². The summed E-state index contributed by atoms with van der Waals surface area (Å²) in [5.74, 6) is -1.02. The molecule has 0 bridgehead atoms. The van der Waals surface area contributed by atoms with Crippen molar-refractivity contribution < 1.29 is 27.6 Å². The number of aryl methyl sites for hydroxylation is 1. The van der Waals surface area contributed by atoms with Crippen molar-refractivity contribution in [2.75, 3.05) is 5.32 Å². The molecule has 1 aromatic carbocycles. The van der Waals surface area contributed by atoms with Gasteiger partial charge >= 0.3 is 12.1 Å². The number of benzene rings is 1. The van der Waals surface area contributed by atoms with Gasteiger partial charge < -0.3 is 14.9 Å². The zero-order valence-corrected chi connectivity index (χ0v) is 10.9. The lowest BCUT2D eigenvalue weighted by atomic mass is 10.1. The standard InChI is InChI=1S/C13H11F3N2O3/c1-7-2-3-8(13(14,15)16)4-10(7)17-6-9-5-11(12(19)20)18-21-9/h2-5,17H,6H2,1H3,(H,19,20). The number of aromatic carboxylic acids is 1. The smallest absolute Gasteiger partial charge is 0.416 e. The van der Waals surface area contributed by atoms with E-state index in [4.69, 9.17) is 9.63 Å². The second-order valence-corrected chi connectivity index (χ2v) is 4.36. The Kier molecular flexibility index (Phi) is 3.88. The predicted molar refractivity (Wildman–Crippen MR) is 67.0 cm³/mol. The fourth-order valence-corrected chi connectivity index (χ4v) is 1.67. The highest BCUT2D eigenvalue weighted by Gasteiger charge is 2.30.